The van der Waals surface area contributed by atoms with Crippen LogP contribution < -0.4 is 15.5 Å². The summed E-state index contributed by atoms with van der Waals surface area (Å²) in [5.74, 6) is 2.39. The normalized spacial score (nSPS) is 16.9. The number of carboxylic acid groups (broad SMARTS) is 1. The molecule has 2 fully saturated rings. The molecule has 2 aliphatic rings. The largest absolute Gasteiger partial charge is 0.481 e. The molecule has 0 aliphatic heterocycles. The van der Waals surface area contributed by atoms with Crippen LogP contribution in [0.1, 0.15) is 149 Å². The van der Waals surface area contributed by atoms with Crippen LogP contribution in [0, 0.1) is 23.7 Å². The molecule has 2 saturated carbocycles. The molecule has 0 aromatic rings. The Balaban J connectivity index is 0.000000869. The Kier molecular flexibility index (Phi) is 30.7. The molecular formula is C41H87N5O3+2. The van der Waals surface area contributed by atoms with Gasteiger partial charge in [-0.05, 0) is 70.1 Å². The van der Waals surface area contributed by atoms with Gasteiger partial charge in [-0.2, -0.15) is 0 Å². The summed E-state index contributed by atoms with van der Waals surface area (Å²) >= 11 is 0. The summed E-state index contributed by atoms with van der Waals surface area (Å²) in [6.45, 7) is 10.5. The number of hydrogen-bond donors (Lipinski definition) is 4. The van der Waals surface area contributed by atoms with Gasteiger partial charge < -0.3 is 30.4 Å². The van der Waals surface area contributed by atoms with Crippen molar-refractivity contribution in [1.82, 2.24) is 9.80 Å². The van der Waals surface area contributed by atoms with E-state index in [4.69, 9.17) is 10.8 Å². The van der Waals surface area contributed by atoms with E-state index in [1.165, 1.54) is 106 Å². The van der Waals surface area contributed by atoms with Crippen molar-refractivity contribution in [3.8, 4) is 0 Å². The van der Waals surface area contributed by atoms with Crippen LogP contribution in [0.3, 0.4) is 0 Å². The lowest BCUT2D eigenvalue weighted by atomic mass is 9.76. The number of nitrogens with one attached hydrogen (secondary N) is 2. The van der Waals surface area contributed by atoms with E-state index in [-0.39, 0.29) is 0 Å². The van der Waals surface area contributed by atoms with Crippen LogP contribution in [0.25, 0.3) is 0 Å². The molecule has 8 nitrogen and oxygen atoms in total. The number of carbonyl (C=O) groups excluding carboxylic acids is 1. The maximum atomic E-state index is 13.2. The molecule has 2 atom stereocenters. The van der Waals surface area contributed by atoms with Crippen LogP contribution >= 0.6 is 0 Å². The summed E-state index contributed by atoms with van der Waals surface area (Å²) in [4.78, 5) is 31.3. The SMILES string of the molecule is CCCCC(CC(=O)N(CCC[NH+](C)C)CCC[NH+](C)C)C1CCCCC1.CCCCC(CC(=O)O)C1CCCCC1.CN(C)CCCN. The molecule has 292 valence electrons. The molecule has 0 aromatic carbocycles. The molecule has 0 saturated heterocycles. The Labute approximate surface area is 305 Å². The average molecular weight is 698 g/mol. The van der Waals surface area contributed by atoms with Gasteiger partial charge in [-0.1, -0.05) is 104 Å². The van der Waals surface area contributed by atoms with E-state index in [0.29, 0.717) is 30.1 Å². The van der Waals surface area contributed by atoms with Crippen molar-refractivity contribution in [3.05, 3.63) is 0 Å². The molecule has 1 amide bonds. The van der Waals surface area contributed by atoms with Gasteiger partial charge in [0.05, 0.1) is 41.3 Å². The van der Waals surface area contributed by atoms with Crippen LogP contribution in [0.2, 0.25) is 0 Å². The third-order valence-corrected chi connectivity index (χ3v) is 10.7. The number of rotatable bonds is 23. The molecule has 2 rings (SSSR count). The summed E-state index contributed by atoms with van der Waals surface area (Å²) in [5, 5.41) is 8.91. The quantitative estimate of drug-likeness (QED) is 0.115. The van der Waals surface area contributed by atoms with Crippen molar-refractivity contribution >= 4 is 11.9 Å². The van der Waals surface area contributed by atoms with E-state index < -0.39 is 5.97 Å². The summed E-state index contributed by atoms with van der Waals surface area (Å²) < 4.78 is 0. The minimum Gasteiger partial charge on any atom is -0.481 e. The fourth-order valence-corrected chi connectivity index (χ4v) is 7.75. The number of nitrogens with zero attached hydrogens (tertiary/aromatic N) is 2. The highest BCUT2D eigenvalue weighted by Crippen LogP contribution is 2.36. The average Bonchev–Trinajstić information content (AvgIpc) is 3.07. The fraction of sp³-hybridized carbons (Fsp3) is 0.951. The molecule has 0 spiro atoms. The Morgan fingerprint density at radius 2 is 1.10 bits per heavy atom. The third kappa shape index (κ3) is 27.1. The maximum Gasteiger partial charge on any atom is 0.303 e. The minimum absolute atomic E-state index is 0.394. The van der Waals surface area contributed by atoms with E-state index in [0.717, 1.165) is 77.3 Å². The zero-order valence-corrected chi connectivity index (χ0v) is 34.1. The van der Waals surface area contributed by atoms with Crippen molar-refractivity contribution in [2.24, 2.45) is 29.4 Å². The monoisotopic (exact) mass is 698 g/mol. The Morgan fingerprint density at radius 1 is 0.673 bits per heavy atom. The number of carboxylic acids is 1. The first-order valence-corrected chi connectivity index (χ1v) is 20.9. The van der Waals surface area contributed by atoms with Crippen LogP contribution in [0.4, 0.5) is 0 Å². The summed E-state index contributed by atoms with van der Waals surface area (Å²) in [6, 6.07) is 0. The summed E-state index contributed by atoms with van der Waals surface area (Å²) in [7, 11) is 12.9. The van der Waals surface area contributed by atoms with Gasteiger partial charge in [0.25, 0.3) is 0 Å². The van der Waals surface area contributed by atoms with Crippen molar-refractivity contribution in [1.29, 1.82) is 0 Å². The number of unbranched alkanes of at least 4 members (excludes halogenated alkanes) is 2. The molecule has 0 heterocycles. The molecule has 2 unspecified atom stereocenters. The van der Waals surface area contributed by atoms with Gasteiger partial charge in [0.2, 0.25) is 5.91 Å². The van der Waals surface area contributed by atoms with Gasteiger partial charge in [0, 0.05) is 38.8 Å². The molecule has 8 heteroatoms. The number of quaternary nitrogens is 2. The predicted molar refractivity (Wildman–Crippen MR) is 209 cm³/mol. The Hall–Kier alpha value is -1.22. The molecule has 49 heavy (non-hydrogen) atoms. The van der Waals surface area contributed by atoms with Crippen LogP contribution in [0.15, 0.2) is 0 Å². The Bertz CT molecular complexity index is 752. The minimum atomic E-state index is -0.610. The van der Waals surface area contributed by atoms with Crippen molar-refractivity contribution in [3.63, 3.8) is 0 Å². The van der Waals surface area contributed by atoms with E-state index >= 15 is 0 Å². The van der Waals surface area contributed by atoms with Gasteiger partial charge in [-0.3, -0.25) is 9.59 Å². The first-order valence-electron chi connectivity index (χ1n) is 20.9. The van der Waals surface area contributed by atoms with Crippen LogP contribution in [0.5, 0.6) is 0 Å². The molecule has 0 radical (unpaired) electrons. The van der Waals surface area contributed by atoms with Crippen molar-refractivity contribution in [2.45, 2.75) is 149 Å². The molecule has 5 N–H and O–H groups in total. The lowest BCUT2D eigenvalue weighted by Crippen LogP contribution is -3.05. The molecule has 0 aromatic heterocycles. The van der Waals surface area contributed by atoms with Crippen molar-refractivity contribution < 1.29 is 24.5 Å². The van der Waals surface area contributed by atoms with E-state index in [1.54, 1.807) is 0 Å². The third-order valence-electron chi connectivity index (χ3n) is 10.7. The van der Waals surface area contributed by atoms with E-state index in [9.17, 15) is 9.59 Å². The molecular weight excluding hydrogens is 610 g/mol. The summed E-state index contributed by atoms with van der Waals surface area (Å²) in [6.07, 6.45) is 25.2. The highest BCUT2D eigenvalue weighted by molar-refractivity contribution is 5.76. The lowest BCUT2D eigenvalue weighted by Gasteiger charge is -2.32. The van der Waals surface area contributed by atoms with E-state index in [2.05, 4.69) is 65.9 Å². The lowest BCUT2D eigenvalue weighted by molar-refractivity contribution is -0.858. The number of aliphatic carboxylic acids is 1. The van der Waals surface area contributed by atoms with Crippen LogP contribution in [-0.4, -0.2) is 108 Å². The number of hydrogen-bond acceptors (Lipinski definition) is 4. The fourth-order valence-electron chi connectivity index (χ4n) is 7.75. The number of amides is 1. The zero-order valence-electron chi connectivity index (χ0n) is 34.1. The molecule has 2 aliphatic carbocycles. The second-order valence-corrected chi connectivity index (χ2v) is 16.4. The number of nitrogens with two attached hydrogens (primary N) is 1. The Morgan fingerprint density at radius 3 is 1.43 bits per heavy atom. The highest BCUT2D eigenvalue weighted by Gasteiger charge is 2.28. The first kappa shape index (κ1) is 47.8. The highest BCUT2D eigenvalue weighted by atomic mass is 16.4. The summed E-state index contributed by atoms with van der Waals surface area (Å²) in [5.41, 5.74) is 5.25. The standard InChI is InChI=1S/C23H47N3O.C13H24O2.C5H14N2/c1-6-7-13-22(21-14-9-8-10-15-21)20-23(27)26(18-11-16-24(2)3)19-12-17-25(4)5;1-2-3-7-12(10-13(14)15)11-8-5-4-6-9-11;1-7(2)5-3-4-6/h21-22H,6-20H2,1-5H3;11-12H,2-10H2,1H3,(H,14,15);3-6H2,1-2H3/p+2. The molecule has 0 bridgehead atoms. The maximum absolute atomic E-state index is 13.2. The smallest absolute Gasteiger partial charge is 0.303 e. The number of carbonyl (C=O) groups is 2. The van der Waals surface area contributed by atoms with E-state index in [1.807, 2.05) is 0 Å². The zero-order chi connectivity index (χ0) is 36.9. The van der Waals surface area contributed by atoms with Gasteiger partial charge in [0.1, 0.15) is 0 Å². The second-order valence-electron chi connectivity index (χ2n) is 16.4. The predicted octanol–water partition coefficient (Wildman–Crippen LogP) is 5.41. The topological polar surface area (TPSA) is 95.8 Å². The van der Waals surface area contributed by atoms with Crippen molar-refractivity contribution in [2.75, 3.05) is 81.6 Å². The first-order chi connectivity index (χ1) is 23.4. The second kappa shape index (κ2) is 31.5. The van der Waals surface area contributed by atoms with Gasteiger partial charge in [0.15, 0.2) is 0 Å². The van der Waals surface area contributed by atoms with Gasteiger partial charge in [-0.15, -0.1) is 0 Å². The van der Waals surface area contributed by atoms with Gasteiger partial charge >= 0.3 is 5.97 Å². The van der Waals surface area contributed by atoms with Gasteiger partial charge in [-0.25, -0.2) is 0 Å². The van der Waals surface area contributed by atoms with Crippen LogP contribution in [-0.2, 0) is 9.59 Å².